The summed E-state index contributed by atoms with van der Waals surface area (Å²) >= 11 is 0. The van der Waals surface area contributed by atoms with Crippen molar-refractivity contribution in [3.05, 3.63) is 35.9 Å². The number of carbonyl (C=O) groups excluding carboxylic acids is 1. The van der Waals surface area contributed by atoms with Crippen LogP contribution in [0.2, 0.25) is 0 Å². The van der Waals surface area contributed by atoms with Crippen LogP contribution in [0.25, 0.3) is 0 Å². The van der Waals surface area contributed by atoms with Crippen LogP contribution in [-0.2, 0) is 6.42 Å². The minimum absolute atomic E-state index is 0.0771. The number of likely N-dealkylation sites (tertiary alicyclic amines) is 1. The molecule has 110 valence electrons. The molecule has 0 aromatic heterocycles. The molecule has 5 heteroatoms. The van der Waals surface area contributed by atoms with Crippen LogP contribution in [0.4, 0.5) is 4.79 Å². The third-order valence-electron chi connectivity index (χ3n) is 3.54. The fourth-order valence-corrected chi connectivity index (χ4v) is 2.16. The number of rotatable bonds is 6. The first-order valence-electron chi connectivity index (χ1n) is 7.08. The maximum atomic E-state index is 11.6. The molecular weight excluding hydrogens is 254 g/mol. The van der Waals surface area contributed by atoms with Gasteiger partial charge in [-0.2, -0.15) is 0 Å². The van der Waals surface area contributed by atoms with E-state index in [1.54, 1.807) is 4.90 Å². The fraction of sp³-hybridized carbons (Fsp3) is 0.533. The predicted octanol–water partition coefficient (Wildman–Crippen LogP) is 0.547. The zero-order valence-electron chi connectivity index (χ0n) is 12.0. The molecule has 0 unspecified atom stereocenters. The molecule has 20 heavy (non-hydrogen) atoms. The van der Waals surface area contributed by atoms with Gasteiger partial charge in [0.15, 0.2) is 0 Å². The predicted molar refractivity (Wildman–Crippen MR) is 78.6 cm³/mol. The topological polar surface area (TPSA) is 55.8 Å². The Morgan fingerprint density at radius 3 is 2.70 bits per heavy atom. The Labute approximate surface area is 120 Å². The van der Waals surface area contributed by atoms with E-state index in [2.05, 4.69) is 41.5 Å². The average molecular weight is 277 g/mol. The summed E-state index contributed by atoms with van der Waals surface area (Å²) in [6.07, 6.45) is 0.679. The Kier molecular flexibility index (Phi) is 5.38. The Morgan fingerprint density at radius 1 is 1.35 bits per heavy atom. The average Bonchev–Trinajstić information content (AvgIpc) is 2.42. The van der Waals surface area contributed by atoms with Crippen LogP contribution in [0.5, 0.6) is 0 Å². The number of carbonyl (C=O) groups is 1. The highest BCUT2D eigenvalue weighted by molar-refractivity contribution is 5.75. The molecule has 1 aromatic rings. The maximum Gasteiger partial charge on any atom is 0.317 e. The molecule has 0 atom stereocenters. The van der Waals surface area contributed by atoms with Gasteiger partial charge in [-0.15, -0.1) is 0 Å². The summed E-state index contributed by atoms with van der Waals surface area (Å²) in [6.45, 7) is 3.35. The van der Waals surface area contributed by atoms with Crippen LogP contribution in [-0.4, -0.2) is 66.8 Å². The van der Waals surface area contributed by atoms with E-state index in [1.165, 1.54) is 5.56 Å². The molecule has 2 amide bonds. The van der Waals surface area contributed by atoms with E-state index in [1.807, 2.05) is 6.07 Å². The summed E-state index contributed by atoms with van der Waals surface area (Å²) in [5.74, 6) is 0. The van der Waals surface area contributed by atoms with Gasteiger partial charge in [0, 0.05) is 19.6 Å². The normalized spacial score (nSPS) is 15.2. The van der Waals surface area contributed by atoms with Crippen molar-refractivity contribution < 1.29 is 9.90 Å². The first-order chi connectivity index (χ1) is 9.65. The molecular formula is C15H23N3O2. The molecule has 1 aromatic carbocycles. The van der Waals surface area contributed by atoms with Gasteiger partial charge < -0.3 is 20.2 Å². The van der Waals surface area contributed by atoms with E-state index in [9.17, 15) is 4.79 Å². The van der Waals surface area contributed by atoms with Gasteiger partial charge >= 0.3 is 6.03 Å². The number of benzene rings is 1. The van der Waals surface area contributed by atoms with Crippen LogP contribution >= 0.6 is 0 Å². The molecule has 1 fully saturated rings. The van der Waals surface area contributed by atoms with Crippen LogP contribution in [0.15, 0.2) is 30.3 Å². The molecule has 1 aliphatic rings. The number of aliphatic hydroxyl groups is 1. The summed E-state index contributed by atoms with van der Waals surface area (Å²) < 4.78 is 0. The maximum absolute atomic E-state index is 11.6. The number of hydrogen-bond donors (Lipinski definition) is 2. The molecule has 0 spiro atoms. The first-order valence-corrected chi connectivity index (χ1v) is 7.08. The van der Waals surface area contributed by atoms with Crippen LogP contribution in [0.1, 0.15) is 5.56 Å². The Morgan fingerprint density at radius 2 is 2.05 bits per heavy atom. The third kappa shape index (κ3) is 4.51. The number of likely N-dealkylation sites (N-methyl/N-ethyl adjacent to an activating group) is 1. The molecule has 0 saturated carbocycles. The number of β-amino-alcohol motifs (C(OH)–C–C–N with tert-alkyl or cyclic N) is 1. The van der Waals surface area contributed by atoms with Crippen molar-refractivity contribution in [3.8, 4) is 0 Å². The molecule has 0 aliphatic carbocycles. The molecule has 1 aliphatic heterocycles. The highest BCUT2D eigenvalue weighted by atomic mass is 16.3. The SMILES string of the molecule is CN(CCNC(=O)N1CC(O)C1)CCc1ccccc1. The van der Waals surface area contributed by atoms with Gasteiger partial charge in [-0.3, -0.25) is 0 Å². The highest BCUT2D eigenvalue weighted by Crippen LogP contribution is 2.06. The van der Waals surface area contributed by atoms with Gasteiger partial charge in [0.25, 0.3) is 0 Å². The molecule has 1 heterocycles. The van der Waals surface area contributed by atoms with Crippen LogP contribution < -0.4 is 5.32 Å². The molecule has 1 saturated heterocycles. The number of hydrogen-bond acceptors (Lipinski definition) is 3. The fourth-order valence-electron chi connectivity index (χ4n) is 2.16. The quantitative estimate of drug-likeness (QED) is 0.798. The third-order valence-corrected chi connectivity index (χ3v) is 3.54. The van der Waals surface area contributed by atoms with Crippen molar-refractivity contribution >= 4 is 6.03 Å². The second kappa shape index (κ2) is 7.26. The van der Waals surface area contributed by atoms with E-state index in [0.717, 1.165) is 19.5 Å². The van der Waals surface area contributed by atoms with Crippen molar-refractivity contribution in [2.45, 2.75) is 12.5 Å². The summed E-state index contributed by atoms with van der Waals surface area (Å²) in [7, 11) is 2.06. The minimum atomic E-state index is -0.339. The van der Waals surface area contributed by atoms with E-state index in [0.29, 0.717) is 19.6 Å². The molecule has 2 rings (SSSR count). The summed E-state index contributed by atoms with van der Waals surface area (Å²) in [6, 6.07) is 10.3. The molecule has 5 nitrogen and oxygen atoms in total. The Balaban J connectivity index is 1.56. The highest BCUT2D eigenvalue weighted by Gasteiger charge is 2.28. The zero-order valence-corrected chi connectivity index (χ0v) is 12.0. The second-order valence-electron chi connectivity index (χ2n) is 5.33. The summed E-state index contributed by atoms with van der Waals surface area (Å²) in [5.41, 5.74) is 1.33. The van der Waals surface area contributed by atoms with Gasteiger partial charge in [0.2, 0.25) is 0 Å². The zero-order chi connectivity index (χ0) is 14.4. The van der Waals surface area contributed by atoms with Gasteiger partial charge in [-0.1, -0.05) is 30.3 Å². The first kappa shape index (κ1) is 14.8. The molecule has 0 bridgehead atoms. The number of amides is 2. The summed E-state index contributed by atoms with van der Waals surface area (Å²) in [5, 5.41) is 12.0. The van der Waals surface area contributed by atoms with Gasteiger partial charge in [-0.05, 0) is 19.0 Å². The van der Waals surface area contributed by atoms with Crippen molar-refractivity contribution in [2.75, 3.05) is 39.8 Å². The Hall–Kier alpha value is -1.59. The lowest BCUT2D eigenvalue weighted by Gasteiger charge is -2.35. The number of nitrogens with zero attached hydrogens (tertiary/aromatic N) is 2. The largest absolute Gasteiger partial charge is 0.389 e. The van der Waals surface area contributed by atoms with Crippen molar-refractivity contribution in [1.29, 1.82) is 0 Å². The molecule has 2 N–H and O–H groups in total. The Bertz CT molecular complexity index is 418. The van der Waals surface area contributed by atoms with E-state index in [-0.39, 0.29) is 12.1 Å². The van der Waals surface area contributed by atoms with E-state index < -0.39 is 0 Å². The monoisotopic (exact) mass is 277 g/mol. The van der Waals surface area contributed by atoms with Crippen molar-refractivity contribution in [3.63, 3.8) is 0 Å². The lowest BCUT2D eigenvalue weighted by atomic mass is 10.1. The van der Waals surface area contributed by atoms with Gasteiger partial charge in [0.1, 0.15) is 0 Å². The number of aliphatic hydroxyl groups excluding tert-OH is 1. The second-order valence-corrected chi connectivity index (χ2v) is 5.33. The molecule has 0 radical (unpaired) electrons. The lowest BCUT2D eigenvalue weighted by molar-refractivity contribution is 0.0265. The van der Waals surface area contributed by atoms with E-state index >= 15 is 0 Å². The van der Waals surface area contributed by atoms with E-state index in [4.69, 9.17) is 5.11 Å². The van der Waals surface area contributed by atoms with Crippen LogP contribution in [0.3, 0.4) is 0 Å². The lowest BCUT2D eigenvalue weighted by Crippen LogP contribution is -2.57. The number of urea groups is 1. The van der Waals surface area contributed by atoms with Crippen molar-refractivity contribution in [1.82, 2.24) is 15.1 Å². The van der Waals surface area contributed by atoms with Crippen LogP contribution in [0, 0.1) is 0 Å². The summed E-state index contributed by atoms with van der Waals surface area (Å²) in [4.78, 5) is 15.4. The smallest absolute Gasteiger partial charge is 0.317 e. The van der Waals surface area contributed by atoms with Gasteiger partial charge in [0.05, 0.1) is 19.2 Å². The number of nitrogens with one attached hydrogen (secondary N) is 1. The van der Waals surface area contributed by atoms with Gasteiger partial charge in [-0.25, -0.2) is 4.79 Å². The standard InChI is InChI=1S/C15H23N3O2/c1-17(9-7-13-5-3-2-4-6-13)10-8-16-15(20)18-11-14(19)12-18/h2-6,14,19H,7-12H2,1H3,(H,16,20). The minimum Gasteiger partial charge on any atom is -0.389 e. The van der Waals surface area contributed by atoms with Crippen molar-refractivity contribution in [2.24, 2.45) is 0 Å².